The predicted octanol–water partition coefficient (Wildman–Crippen LogP) is 3.38. The Bertz CT molecular complexity index is 446. The summed E-state index contributed by atoms with van der Waals surface area (Å²) in [4.78, 5) is 16.5. The van der Waals surface area contributed by atoms with Crippen molar-refractivity contribution in [1.82, 2.24) is 4.98 Å². The third-order valence-corrected chi connectivity index (χ3v) is 3.01. The molecule has 1 heterocycles. The lowest BCUT2D eigenvalue weighted by molar-refractivity contribution is 0.102. The van der Waals surface area contributed by atoms with E-state index in [9.17, 15) is 4.79 Å². The summed E-state index contributed by atoms with van der Waals surface area (Å²) in [5, 5.41) is 0. The van der Waals surface area contributed by atoms with Gasteiger partial charge in [0.05, 0.1) is 0 Å². The number of carbonyl (C=O) groups is 1. The second kappa shape index (κ2) is 4.60. The zero-order chi connectivity index (χ0) is 11.5. The molecule has 0 saturated carbocycles. The summed E-state index contributed by atoms with van der Waals surface area (Å²) in [6.07, 6.45) is 8.12. The molecule has 0 aliphatic heterocycles. The Morgan fingerprint density at radius 2 is 2.12 bits per heavy atom. The standard InChI is InChI=1S/C14H17NO/c1-10-8-11(2)13(15-9-10)14(16)12-6-4-3-5-7-12/h6,8-9H,3-5,7H2,1-2H3. The number of ketones is 1. The molecule has 1 aromatic heterocycles. The molecule has 84 valence electrons. The van der Waals surface area contributed by atoms with E-state index in [1.165, 1.54) is 6.42 Å². The first kappa shape index (κ1) is 11.1. The SMILES string of the molecule is Cc1cnc(C(=O)C2=CCCCC2)c(C)c1. The third-order valence-electron chi connectivity index (χ3n) is 3.01. The quantitative estimate of drug-likeness (QED) is 0.708. The van der Waals surface area contributed by atoms with Gasteiger partial charge >= 0.3 is 0 Å². The molecule has 0 radical (unpaired) electrons. The average Bonchev–Trinajstić information content (AvgIpc) is 2.29. The van der Waals surface area contributed by atoms with Crippen LogP contribution in [0.25, 0.3) is 0 Å². The molecule has 0 fully saturated rings. The normalized spacial score (nSPS) is 15.8. The van der Waals surface area contributed by atoms with Crippen LogP contribution in [0.3, 0.4) is 0 Å². The lowest BCUT2D eigenvalue weighted by Crippen LogP contribution is -2.10. The summed E-state index contributed by atoms with van der Waals surface area (Å²) >= 11 is 0. The predicted molar refractivity (Wildman–Crippen MR) is 64.6 cm³/mol. The van der Waals surface area contributed by atoms with Gasteiger partial charge in [-0.15, -0.1) is 0 Å². The van der Waals surface area contributed by atoms with E-state index in [0.29, 0.717) is 5.69 Å². The average molecular weight is 215 g/mol. The van der Waals surface area contributed by atoms with Gasteiger partial charge in [0.15, 0.2) is 0 Å². The van der Waals surface area contributed by atoms with Gasteiger partial charge in [-0.05, 0) is 56.2 Å². The summed E-state index contributed by atoms with van der Waals surface area (Å²) in [6, 6.07) is 2.02. The Balaban J connectivity index is 2.30. The van der Waals surface area contributed by atoms with E-state index < -0.39 is 0 Å². The maximum atomic E-state index is 12.2. The van der Waals surface area contributed by atoms with Gasteiger partial charge in [0.1, 0.15) is 5.69 Å². The zero-order valence-corrected chi connectivity index (χ0v) is 9.92. The number of hydrogen-bond donors (Lipinski definition) is 0. The minimum Gasteiger partial charge on any atom is -0.287 e. The Hall–Kier alpha value is -1.44. The first-order chi connectivity index (χ1) is 7.68. The number of Topliss-reactive ketones (excluding diaryl/α,β-unsaturated/α-hetero) is 1. The largest absolute Gasteiger partial charge is 0.287 e. The van der Waals surface area contributed by atoms with Gasteiger partial charge in [-0.3, -0.25) is 9.78 Å². The van der Waals surface area contributed by atoms with Gasteiger partial charge in [0, 0.05) is 6.20 Å². The van der Waals surface area contributed by atoms with Gasteiger partial charge in [0.2, 0.25) is 5.78 Å². The van der Waals surface area contributed by atoms with Crippen LogP contribution >= 0.6 is 0 Å². The molecule has 0 N–H and O–H groups in total. The highest BCUT2D eigenvalue weighted by Gasteiger charge is 2.17. The highest BCUT2D eigenvalue weighted by molar-refractivity contribution is 6.08. The molecule has 0 bridgehead atoms. The maximum Gasteiger partial charge on any atom is 0.207 e. The minimum absolute atomic E-state index is 0.122. The van der Waals surface area contributed by atoms with Crippen molar-refractivity contribution in [2.45, 2.75) is 39.5 Å². The van der Waals surface area contributed by atoms with Crippen molar-refractivity contribution in [2.24, 2.45) is 0 Å². The Labute approximate surface area is 96.4 Å². The van der Waals surface area contributed by atoms with E-state index in [2.05, 4.69) is 11.1 Å². The molecule has 1 aliphatic carbocycles. The van der Waals surface area contributed by atoms with Crippen molar-refractivity contribution in [2.75, 3.05) is 0 Å². The van der Waals surface area contributed by atoms with E-state index >= 15 is 0 Å². The van der Waals surface area contributed by atoms with Crippen molar-refractivity contribution >= 4 is 5.78 Å². The summed E-state index contributed by atoms with van der Waals surface area (Å²) in [5.41, 5.74) is 3.66. The van der Waals surface area contributed by atoms with Crippen molar-refractivity contribution in [3.63, 3.8) is 0 Å². The Morgan fingerprint density at radius 3 is 2.75 bits per heavy atom. The molecule has 0 spiro atoms. The van der Waals surface area contributed by atoms with E-state index in [1.54, 1.807) is 6.20 Å². The number of nitrogens with zero attached hydrogens (tertiary/aromatic N) is 1. The Morgan fingerprint density at radius 1 is 1.31 bits per heavy atom. The number of pyridine rings is 1. The highest BCUT2D eigenvalue weighted by Crippen LogP contribution is 2.21. The second-order valence-corrected chi connectivity index (χ2v) is 4.48. The molecule has 1 aromatic rings. The number of rotatable bonds is 2. The minimum atomic E-state index is 0.122. The molecule has 0 aromatic carbocycles. The molecule has 1 aliphatic rings. The van der Waals surface area contributed by atoms with Crippen molar-refractivity contribution in [3.05, 3.63) is 40.7 Å². The molecule has 2 nitrogen and oxygen atoms in total. The second-order valence-electron chi connectivity index (χ2n) is 4.48. The lowest BCUT2D eigenvalue weighted by Gasteiger charge is -2.12. The molecular weight excluding hydrogens is 198 g/mol. The van der Waals surface area contributed by atoms with Crippen LogP contribution in [-0.2, 0) is 0 Å². The van der Waals surface area contributed by atoms with Crippen LogP contribution in [0.15, 0.2) is 23.9 Å². The first-order valence-electron chi connectivity index (χ1n) is 5.85. The number of hydrogen-bond acceptors (Lipinski definition) is 2. The van der Waals surface area contributed by atoms with Gasteiger partial charge < -0.3 is 0 Å². The van der Waals surface area contributed by atoms with E-state index in [-0.39, 0.29) is 5.78 Å². The van der Waals surface area contributed by atoms with E-state index in [1.807, 2.05) is 19.9 Å². The van der Waals surface area contributed by atoms with Gasteiger partial charge in [-0.25, -0.2) is 0 Å². The smallest absolute Gasteiger partial charge is 0.207 e. The first-order valence-corrected chi connectivity index (χ1v) is 5.85. The van der Waals surface area contributed by atoms with Crippen molar-refractivity contribution in [1.29, 1.82) is 0 Å². The monoisotopic (exact) mass is 215 g/mol. The van der Waals surface area contributed by atoms with Crippen LogP contribution in [0, 0.1) is 13.8 Å². The van der Waals surface area contributed by atoms with Crippen LogP contribution in [0.1, 0.15) is 47.3 Å². The third kappa shape index (κ3) is 2.21. The van der Waals surface area contributed by atoms with Crippen LogP contribution in [0.5, 0.6) is 0 Å². The highest BCUT2D eigenvalue weighted by atomic mass is 16.1. The molecule has 0 atom stereocenters. The Kier molecular flexibility index (Phi) is 3.18. The fourth-order valence-corrected chi connectivity index (χ4v) is 2.15. The van der Waals surface area contributed by atoms with Crippen LogP contribution in [-0.4, -0.2) is 10.8 Å². The van der Waals surface area contributed by atoms with Gasteiger partial charge in [-0.2, -0.15) is 0 Å². The van der Waals surface area contributed by atoms with Crippen LogP contribution < -0.4 is 0 Å². The maximum absolute atomic E-state index is 12.2. The van der Waals surface area contributed by atoms with E-state index in [4.69, 9.17) is 0 Å². The zero-order valence-electron chi connectivity index (χ0n) is 9.92. The fraction of sp³-hybridized carbons (Fsp3) is 0.429. The molecular formula is C14H17NO. The molecule has 0 saturated heterocycles. The fourth-order valence-electron chi connectivity index (χ4n) is 2.15. The topological polar surface area (TPSA) is 30.0 Å². The summed E-state index contributed by atoms with van der Waals surface area (Å²) in [6.45, 7) is 3.95. The summed E-state index contributed by atoms with van der Waals surface area (Å²) in [5.74, 6) is 0.122. The molecule has 16 heavy (non-hydrogen) atoms. The molecule has 2 rings (SSSR count). The van der Waals surface area contributed by atoms with Gasteiger partial charge in [-0.1, -0.05) is 12.1 Å². The number of carbonyl (C=O) groups excluding carboxylic acids is 1. The van der Waals surface area contributed by atoms with E-state index in [0.717, 1.165) is 36.0 Å². The molecule has 0 amide bonds. The number of aromatic nitrogens is 1. The lowest BCUT2D eigenvalue weighted by atomic mass is 9.93. The van der Waals surface area contributed by atoms with Crippen LogP contribution in [0.2, 0.25) is 0 Å². The number of allylic oxidation sites excluding steroid dienone is 2. The number of aryl methyl sites for hydroxylation is 2. The summed E-state index contributed by atoms with van der Waals surface area (Å²) in [7, 11) is 0. The van der Waals surface area contributed by atoms with Crippen molar-refractivity contribution < 1.29 is 4.79 Å². The molecule has 0 unspecified atom stereocenters. The van der Waals surface area contributed by atoms with Gasteiger partial charge in [0.25, 0.3) is 0 Å². The van der Waals surface area contributed by atoms with Crippen molar-refractivity contribution in [3.8, 4) is 0 Å². The van der Waals surface area contributed by atoms with Crippen LogP contribution in [0.4, 0.5) is 0 Å². The molecule has 2 heteroatoms. The summed E-state index contributed by atoms with van der Waals surface area (Å²) < 4.78 is 0.